The fourth-order valence-electron chi connectivity index (χ4n) is 1.63. The molecule has 2 unspecified atom stereocenters. The zero-order valence-electron chi connectivity index (χ0n) is 8.39. The Morgan fingerprint density at radius 1 is 1.18 bits per heavy atom. The smallest absolute Gasteiger partial charge is 0.0596 e. The van der Waals surface area contributed by atoms with Crippen LogP contribution in [-0.2, 0) is 4.74 Å². The predicted molar refractivity (Wildman–Crippen MR) is 51.9 cm³/mol. The highest BCUT2D eigenvalue weighted by Crippen LogP contribution is 2.25. The normalized spacial score (nSPS) is 30.5. The summed E-state index contributed by atoms with van der Waals surface area (Å²) in [4.78, 5) is 0. The van der Waals surface area contributed by atoms with Crippen molar-refractivity contribution in [2.24, 2.45) is 5.92 Å². The summed E-state index contributed by atoms with van der Waals surface area (Å²) >= 11 is 0. The van der Waals surface area contributed by atoms with Crippen LogP contribution in [0.2, 0.25) is 0 Å². The first-order valence-electron chi connectivity index (χ1n) is 4.87. The lowest BCUT2D eigenvalue weighted by Crippen LogP contribution is -2.23. The van der Waals surface area contributed by atoms with E-state index in [1.807, 2.05) is 21.0 Å². The molecule has 0 aliphatic heterocycles. The minimum atomic E-state index is 0. The molecule has 1 heteroatoms. The summed E-state index contributed by atoms with van der Waals surface area (Å²) in [6.45, 7) is 6.29. The fourth-order valence-corrected chi connectivity index (χ4v) is 1.63. The molecule has 2 atom stereocenters. The Labute approximate surface area is 72.6 Å². The van der Waals surface area contributed by atoms with Crippen LogP contribution in [0.3, 0.4) is 0 Å². The first kappa shape index (κ1) is 11.0. The minimum Gasteiger partial charge on any atom is -0.381 e. The molecule has 1 aliphatic carbocycles. The SMILES string of the molecule is CC.COC1CCCCC1C.[HH]. The number of methoxy groups -OCH3 is 1. The van der Waals surface area contributed by atoms with Crippen molar-refractivity contribution in [1.82, 2.24) is 0 Å². The highest BCUT2D eigenvalue weighted by molar-refractivity contribution is 4.71. The standard InChI is InChI=1S/C8H16O.C2H6.H2/c1-7-5-3-4-6-8(7)9-2;1-2;/h7-8H,3-6H2,1-2H3;1-2H3;1H. The van der Waals surface area contributed by atoms with E-state index >= 15 is 0 Å². The Morgan fingerprint density at radius 2 is 1.73 bits per heavy atom. The lowest BCUT2D eigenvalue weighted by atomic mass is 9.88. The van der Waals surface area contributed by atoms with E-state index in [1.165, 1.54) is 25.7 Å². The third-order valence-electron chi connectivity index (χ3n) is 2.34. The van der Waals surface area contributed by atoms with Crippen molar-refractivity contribution in [1.29, 1.82) is 0 Å². The van der Waals surface area contributed by atoms with Crippen molar-refractivity contribution in [3.8, 4) is 0 Å². The molecule has 70 valence electrons. The van der Waals surface area contributed by atoms with Crippen molar-refractivity contribution in [2.75, 3.05) is 7.11 Å². The summed E-state index contributed by atoms with van der Waals surface area (Å²) in [5.74, 6) is 0.795. The Kier molecular flexibility index (Phi) is 6.63. The molecule has 0 aromatic rings. The average Bonchev–Trinajstić information content (AvgIpc) is 2.09. The number of hydrogen-bond acceptors (Lipinski definition) is 1. The monoisotopic (exact) mass is 160 g/mol. The molecule has 0 bridgehead atoms. The van der Waals surface area contributed by atoms with Gasteiger partial charge >= 0.3 is 0 Å². The van der Waals surface area contributed by atoms with Crippen LogP contribution in [0.4, 0.5) is 0 Å². The van der Waals surface area contributed by atoms with Gasteiger partial charge in [0.1, 0.15) is 0 Å². The molecule has 1 rings (SSSR count). The van der Waals surface area contributed by atoms with Gasteiger partial charge in [-0.2, -0.15) is 0 Å². The quantitative estimate of drug-likeness (QED) is 0.570. The van der Waals surface area contributed by atoms with Gasteiger partial charge in [-0.3, -0.25) is 0 Å². The number of ether oxygens (including phenoxy) is 1. The van der Waals surface area contributed by atoms with Crippen LogP contribution in [0, 0.1) is 5.92 Å². The Balaban J connectivity index is 0. The molecule has 0 amide bonds. The molecule has 0 heterocycles. The van der Waals surface area contributed by atoms with E-state index in [0.717, 1.165) is 5.92 Å². The van der Waals surface area contributed by atoms with Crippen LogP contribution in [0.1, 0.15) is 47.9 Å². The third kappa shape index (κ3) is 3.76. The summed E-state index contributed by atoms with van der Waals surface area (Å²) in [6.07, 6.45) is 5.96. The molecule has 1 saturated carbocycles. The molecule has 0 aromatic heterocycles. The molecular formula is C10H24O. The topological polar surface area (TPSA) is 9.23 Å². The van der Waals surface area contributed by atoms with Crippen LogP contribution in [0.15, 0.2) is 0 Å². The zero-order valence-corrected chi connectivity index (χ0v) is 8.39. The van der Waals surface area contributed by atoms with Gasteiger partial charge in [-0.25, -0.2) is 0 Å². The van der Waals surface area contributed by atoms with Crippen LogP contribution in [0.25, 0.3) is 0 Å². The van der Waals surface area contributed by atoms with Gasteiger partial charge in [0.15, 0.2) is 0 Å². The van der Waals surface area contributed by atoms with Crippen molar-refractivity contribution in [3.05, 3.63) is 0 Å². The molecule has 11 heavy (non-hydrogen) atoms. The summed E-state index contributed by atoms with van der Waals surface area (Å²) in [6, 6.07) is 0. The van der Waals surface area contributed by atoms with Crippen molar-refractivity contribution in [2.45, 2.75) is 52.6 Å². The zero-order chi connectivity index (χ0) is 8.69. The van der Waals surface area contributed by atoms with Gasteiger partial charge in [0.2, 0.25) is 0 Å². The maximum atomic E-state index is 5.30. The van der Waals surface area contributed by atoms with Gasteiger partial charge in [0, 0.05) is 8.54 Å². The molecule has 1 aliphatic rings. The molecule has 0 aromatic carbocycles. The molecular weight excluding hydrogens is 136 g/mol. The highest BCUT2D eigenvalue weighted by atomic mass is 16.5. The van der Waals surface area contributed by atoms with Gasteiger partial charge in [0.05, 0.1) is 6.10 Å². The van der Waals surface area contributed by atoms with Gasteiger partial charge in [0.25, 0.3) is 0 Å². The lowest BCUT2D eigenvalue weighted by Gasteiger charge is -2.26. The van der Waals surface area contributed by atoms with E-state index in [4.69, 9.17) is 4.74 Å². The van der Waals surface area contributed by atoms with Crippen LogP contribution in [-0.4, -0.2) is 13.2 Å². The lowest BCUT2D eigenvalue weighted by molar-refractivity contribution is 0.0310. The van der Waals surface area contributed by atoms with Crippen LogP contribution < -0.4 is 0 Å². The van der Waals surface area contributed by atoms with Crippen molar-refractivity contribution >= 4 is 0 Å². The number of rotatable bonds is 1. The van der Waals surface area contributed by atoms with Gasteiger partial charge in [-0.15, -0.1) is 0 Å². The Hall–Kier alpha value is -0.0400. The third-order valence-corrected chi connectivity index (χ3v) is 2.34. The van der Waals surface area contributed by atoms with Crippen molar-refractivity contribution in [3.63, 3.8) is 0 Å². The second-order valence-corrected chi connectivity index (χ2v) is 3.04. The minimum absolute atomic E-state index is 0. The van der Waals surface area contributed by atoms with Gasteiger partial charge in [-0.05, 0) is 18.8 Å². The maximum Gasteiger partial charge on any atom is 0.0596 e. The summed E-state index contributed by atoms with van der Waals surface area (Å²) < 4.78 is 5.30. The summed E-state index contributed by atoms with van der Waals surface area (Å²) in [5, 5.41) is 0. The van der Waals surface area contributed by atoms with E-state index < -0.39 is 0 Å². The average molecular weight is 160 g/mol. The Morgan fingerprint density at radius 3 is 2.09 bits per heavy atom. The van der Waals surface area contributed by atoms with E-state index in [1.54, 1.807) is 0 Å². The predicted octanol–water partition coefficient (Wildman–Crippen LogP) is 3.48. The van der Waals surface area contributed by atoms with E-state index in [-0.39, 0.29) is 1.43 Å². The van der Waals surface area contributed by atoms with Crippen LogP contribution >= 0.6 is 0 Å². The first-order valence-corrected chi connectivity index (χ1v) is 4.87. The van der Waals surface area contributed by atoms with Crippen LogP contribution in [0.5, 0.6) is 0 Å². The molecule has 0 N–H and O–H groups in total. The maximum absolute atomic E-state index is 5.30. The molecule has 1 fully saturated rings. The first-order chi connectivity index (χ1) is 5.34. The summed E-state index contributed by atoms with van der Waals surface area (Å²) in [5.41, 5.74) is 0. The second kappa shape index (κ2) is 6.66. The van der Waals surface area contributed by atoms with E-state index in [9.17, 15) is 0 Å². The largest absolute Gasteiger partial charge is 0.381 e. The molecule has 0 saturated heterocycles. The second-order valence-electron chi connectivity index (χ2n) is 3.04. The molecule has 1 nitrogen and oxygen atoms in total. The summed E-state index contributed by atoms with van der Waals surface area (Å²) in [7, 11) is 1.83. The molecule has 0 radical (unpaired) electrons. The number of hydrogen-bond donors (Lipinski definition) is 0. The molecule has 0 spiro atoms. The van der Waals surface area contributed by atoms with Gasteiger partial charge in [-0.1, -0.05) is 33.6 Å². The van der Waals surface area contributed by atoms with Gasteiger partial charge < -0.3 is 4.74 Å². The van der Waals surface area contributed by atoms with E-state index in [0.29, 0.717) is 6.10 Å². The Bertz CT molecular complexity index is 85.9. The highest BCUT2D eigenvalue weighted by Gasteiger charge is 2.19. The van der Waals surface area contributed by atoms with E-state index in [2.05, 4.69) is 6.92 Å². The fraction of sp³-hybridized carbons (Fsp3) is 1.00. The van der Waals surface area contributed by atoms with Crippen molar-refractivity contribution < 1.29 is 6.16 Å².